The van der Waals surface area contributed by atoms with Gasteiger partial charge in [0, 0.05) is 20.7 Å². The maximum Gasteiger partial charge on any atom is 0.239 e. The van der Waals surface area contributed by atoms with Gasteiger partial charge >= 0.3 is 0 Å². The summed E-state index contributed by atoms with van der Waals surface area (Å²) >= 11 is 8.96. The van der Waals surface area contributed by atoms with Crippen molar-refractivity contribution in [3.8, 4) is 0 Å². The summed E-state index contributed by atoms with van der Waals surface area (Å²) < 4.78 is 24.8. The number of halogens is 2. The lowest BCUT2D eigenvalue weighted by Gasteiger charge is -2.06. The van der Waals surface area contributed by atoms with Gasteiger partial charge in [0.15, 0.2) is 15.6 Å². The van der Waals surface area contributed by atoms with Crippen LogP contribution in [0.15, 0.2) is 53.0 Å². The summed E-state index contributed by atoms with van der Waals surface area (Å²) in [6.07, 6.45) is 0. The Morgan fingerprint density at radius 2 is 1.54 bits per heavy atom. The lowest BCUT2D eigenvalue weighted by Crippen LogP contribution is -2.27. The molecule has 0 radical (unpaired) electrons. The molecule has 0 unspecified atom stereocenters. The minimum absolute atomic E-state index is 0.278. The van der Waals surface area contributed by atoms with Crippen LogP contribution in [-0.4, -0.2) is 31.6 Å². The maximum absolute atomic E-state index is 12.0. The van der Waals surface area contributed by atoms with E-state index in [0.717, 1.165) is 4.47 Å². The number of ketones is 1. The van der Waals surface area contributed by atoms with E-state index in [-0.39, 0.29) is 5.56 Å². The predicted molar refractivity (Wildman–Crippen MR) is 97.2 cm³/mol. The van der Waals surface area contributed by atoms with Crippen molar-refractivity contribution in [2.45, 2.75) is 0 Å². The van der Waals surface area contributed by atoms with Gasteiger partial charge in [0.05, 0.1) is 0 Å². The summed E-state index contributed by atoms with van der Waals surface area (Å²) in [5.74, 6) is -2.75. The van der Waals surface area contributed by atoms with Crippen molar-refractivity contribution in [1.82, 2.24) is 0 Å². The molecule has 0 bridgehead atoms. The summed E-state index contributed by atoms with van der Waals surface area (Å²) in [5, 5.41) is 2.95. The van der Waals surface area contributed by atoms with Crippen LogP contribution in [0.5, 0.6) is 0 Å². The van der Waals surface area contributed by atoms with Gasteiger partial charge in [-0.3, -0.25) is 9.59 Å². The molecule has 0 fully saturated rings. The van der Waals surface area contributed by atoms with E-state index in [1.165, 1.54) is 12.1 Å². The molecule has 126 valence electrons. The van der Waals surface area contributed by atoms with Crippen molar-refractivity contribution in [2.24, 2.45) is 0 Å². The highest BCUT2D eigenvalue weighted by Crippen LogP contribution is 2.14. The third-order valence-electron chi connectivity index (χ3n) is 3.00. The molecular formula is C16H13BrClNO4S. The average Bonchev–Trinajstić information content (AvgIpc) is 2.49. The smallest absolute Gasteiger partial charge is 0.239 e. The van der Waals surface area contributed by atoms with E-state index in [2.05, 4.69) is 21.2 Å². The first kappa shape index (κ1) is 18.6. The maximum atomic E-state index is 12.0. The third kappa shape index (κ3) is 5.74. The number of amides is 1. The van der Waals surface area contributed by atoms with Crippen LogP contribution in [0.3, 0.4) is 0 Å². The molecule has 0 aliphatic carbocycles. The van der Waals surface area contributed by atoms with E-state index in [9.17, 15) is 18.0 Å². The first-order valence-electron chi connectivity index (χ1n) is 6.80. The number of rotatable bonds is 6. The number of hydrogen-bond donors (Lipinski definition) is 1. The first-order chi connectivity index (χ1) is 11.2. The van der Waals surface area contributed by atoms with E-state index in [1.807, 2.05) is 0 Å². The summed E-state index contributed by atoms with van der Waals surface area (Å²) in [6.45, 7) is 0. The molecule has 0 aliphatic rings. The van der Waals surface area contributed by atoms with Crippen molar-refractivity contribution in [2.75, 3.05) is 16.8 Å². The number of sulfone groups is 1. The third-order valence-corrected chi connectivity index (χ3v) is 5.18. The van der Waals surface area contributed by atoms with E-state index < -0.39 is 33.0 Å². The van der Waals surface area contributed by atoms with Gasteiger partial charge in [0.2, 0.25) is 5.91 Å². The van der Waals surface area contributed by atoms with Gasteiger partial charge < -0.3 is 5.32 Å². The monoisotopic (exact) mass is 429 g/mol. The highest BCUT2D eigenvalue weighted by molar-refractivity contribution is 9.10. The molecule has 2 aromatic carbocycles. The van der Waals surface area contributed by atoms with Crippen molar-refractivity contribution < 1.29 is 18.0 Å². The molecule has 8 heteroatoms. The number of nitrogens with one attached hydrogen (secondary N) is 1. The second-order valence-electron chi connectivity index (χ2n) is 5.02. The molecule has 2 rings (SSSR count). The SMILES string of the molecule is O=C(CS(=O)(=O)CC(=O)c1ccc(Br)cc1)Nc1ccc(Cl)cc1. The van der Waals surface area contributed by atoms with Gasteiger partial charge in [-0.15, -0.1) is 0 Å². The number of carbonyl (C=O) groups excluding carboxylic acids is 2. The van der Waals surface area contributed by atoms with Crippen LogP contribution < -0.4 is 5.32 Å². The van der Waals surface area contributed by atoms with Crippen molar-refractivity contribution >= 4 is 54.7 Å². The fraction of sp³-hybridized carbons (Fsp3) is 0.125. The molecule has 0 aromatic heterocycles. The van der Waals surface area contributed by atoms with Crippen LogP contribution in [0, 0.1) is 0 Å². The number of Topliss-reactive ketones (excluding diaryl/α,β-unsaturated/α-hetero) is 1. The average molecular weight is 431 g/mol. The lowest BCUT2D eigenvalue weighted by molar-refractivity contribution is -0.113. The second kappa shape index (κ2) is 7.92. The first-order valence-corrected chi connectivity index (χ1v) is 9.79. The minimum atomic E-state index is -3.87. The predicted octanol–water partition coefficient (Wildman–Crippen LogP) is 3.34. The topological polar surface area (TPSA) is 80.3 Å². The second-order valence-corrected chi connectivity index (χ2v) is 8.43. The lowest BCUT2D eigenvalue weighted by atomic mass is 10.2. The van der Waals surface area contributed by atoms with E-state index >= 15 is 0 Å². The molecule has 1 N–H and O–H groups in total. The largest absolute Gasteiger partial charge is 0.325 e. The molecule has 2 aromatic rings. The molecule has 5 nitrogen and oxygen atoms in total. The van der Waals surface area contributed by atoms with E-state index in [1.54, 1.807) is 36.4 Å². The molecule has 24 heavy (non-hydrogen) atoms. The van der Waals surface area contributed by atoms with Crippen molar-refractivity contribution in [1.29, 1.82) is 0 Å². The zero-order chi connectivity index (χ0) is 17.7. The number of carbonyl (C=O) groups is 2. The number of hydrogen-bond acceptors (Lipinski definition) is 4. The summed E-state index contributed by atoms with van der Waals surface area (Å²) in [6, 6.07) is 12.6. The Kier molecular flexibility index (Phi) is 6.15. The standard InChI is InChI=1S/C16H13BrClNO4S/c17-12-3-1-11(2-4-12)15(20)9-24(22,23)10-16(21)19-14-7-5-13(18)6-8-14/h1-8H,9-10H2,(H,19,21). The Labute approximate surface area is 153 Å². The minimum Gasteiger partial charge on any atom is -0.325 e. The quantitative estimate of drug-likeness (QED) is 0.713. The molecular weight excluding hydrogens is 418 g/mol. The van der Waals surface area contributed by atoms with Gasteiger partial charge in [-0.05, 0) is 36.4 Å². The van der Waals surface area contributed by atoms with Crippen LogP contribution >= 0.6 is 27.5 Å². The fourth-order valence-corrected chi connectivity index (χ4v) is 3.43. The molecule has 0 aliphatic heterocycles. The Morgan fingerprint density at radius 3 is 2.12 bits per heavy atom. The van der Waals surface area contributed by atoms with Gasteiger partial charge in [-0.2, -0.15) is 0 Å². The van der Waals surface area contributed by atoms with Gasteiger partial charge in [0.1, 0.15) is 11.5 Å². The van der Waals surface area contributed by atoms with Crippen LogP contribution in [0.2, 0.25) is 5.02 Å². The van der Waals surface area contributed by atoms with Crippen molar-refractivity contribution in [3.63, 3.8) is 0 Å². The van der Waals surface area contributed by atoms with Gasteiger partial charge in [0.25, 0.3) is 0 Å². The zero-order valence-electron chi connectivity index (χ0n) is 12.3. The Hall–Kier alpha value is -1.70. The molecule has 0 spiro atoms. The van der Waals surface area contributed by atoms with E-state index in [4.69, 9.17) is 11.6 Å². The molecule has 0 saturated carbocycles. The van der Waals surface area contributed by atoms with Crippen LogP contribution in [0.25, 0.3) is 0 Å². The number of benzene rings is 2. The van der Waals surface area contributed by atoms with Crippen LogP contribution in [-0.2, 0) is 14.6 Å². The van der Waals surface area contributed by atoms with Crippen LogP contribution in [0.1, 0.15) is 10.4 Å². The highest BCUT2D eigenvalue weighted by atomic mass is 79.9. The van der Waals surface area contributed by atoms with Gasteiger partial charge in [-0.25, -0.2) is 8.42 Å². The summed E-state index contributed by atoms with van der Waals surface area (Å²) in [5.41, 5.74) is 0.707. The summed E-state index contributed by atoms with van der Waals surface area (Å²) in [7, 11) is -3.87. The fourth-order valence-electron chi connectivity index (χ4n) is 1.90. The molecule has 0 atom stereocenters. The summed E-state index contributed by atoms with van der Waals surface area (Å²) in [4.78, 5) is 23.8. The molecule has 0 saturated heterocycles. The van der Waals surface area contributed by atoms with E-state index in [0.29, 0.717) is 10.7 Å². The Balaban J connectivity index is 1.97. The Bertz CT molecular complexity index is 849. The van der Waals surface area contributed by atoms with Crippen molar-refractivity contribution in [3.05, 3.63) is 63.6 Å². The van der Waals surface area contributed by atoms with Gasteiger partial charge in [-0.1, -0.05) is 39.7 Å². The normalized spacial score (nSPS) is 11.1. The number of anilines is 1. The highest BCUT2D eigenvalue weighted by Gasteiger charge is 2.21. The van der Waals surface area contributed by atoms with Crippen LogP contribution in [0.4, 0.5) is 5.69 Å². The zero-order valence-corrected chi connectivity index (χ0v) is 15.5. The Morgan fingerprint density at radius 1 is 0.958 bits per heavy atom. The molecule has 1 amide bonds. The molecule has 0 heterocycles.